The number of aryl methyl sites for hydroxylation is 1. The molecule has 4 rings (SSSR count). The number of urea groups is 1. The van der Waals surface area contributed by atoms with Crippen LogP contribution in [0.5, 0.6) is 0 Å². The Hall–Kier alpha value is -2.04. The van der Waals surface area contributed by atoms with Crippen LogP contribution in [0.2, 0.25) is 0 Å². The lowest BCUT2D eigenvalue weighted by atomic mass is 9.95. The van der Waals surface area contributed by atoms with Crippen LogP contribution in [0.25, 0.3) is 0 Å². The SMILES string of the molecule is CC(=O)N1CCCN(C(=O)NC[C@H]2C[C@]23CCc2ccccc23)CC1. The van der Waals surface area contributed by atoms with Crippen molar-refractivity contribution in [2.24, 2.45) is 5.92 Å². The quantitative estimate of drug-likeness (QED) is 0.896. The van der Waals surface area contributed by atoms with Gasteiger partial charge in [-0.3, -0.25) is 4.79 Å². The third-order valence-electron chi connectivity index (χ3n) is 6.35. The maximum absolute atomic E-state index is 12.5. The molecule has 0 radical (unpaired) electrons. The first kappa shape index (κ1) is 16.4. The van der Waals surface area contributed by atoms with Gasteiger partial charge in [-0.1, -0.05) is 24.3 Å². The van der Waals surface area contributed by atoms with Crippen molar-refractivity contribution in [2.45, 2.75) is 38.0 Å². The molecule has 3 amide bonds. The Kier molecular flexibility index (Phi) is 4.18. The van der Waals surface area contributed by atoms with Crippen molar-refractivity contribution in [3.05, 3.63) is 35.4 Å². The third kappa shape index (κ3) is 3.00. The lowest BCUT2D eigenvalue weighted by molar-refractivity contribution is -0.128. The average Bonchev–Trinajstić information content (AvgIpc) is 3.27. The highest BCUT2D eigenvalue weighted by molar-refractivity contribution is 5.75. The minimum absolute atomic E-state index is 0.0266. The lowest BCUT2D eigenvalue weighted by Gasteiger charge is -2.22. The molecule has 25 heavy (non-hydrogen) atoms. The standard InChI is InChI=1S/C20H27N3O2/c1-15(24)22-9-4-10-23(12-11-22)19(25)21-14-17-13-20(17)8-7-16-5-2-3-6-18(16)20/h2-3,5-6,17H,4,7-14H2,1H3,(H,21,25)/t17-,20-/m1/s1. The topological polar surface area (TPSA) is 52.7 Å². The Morgan fingerprint density at radius 3 is 2.76 bits per heavy atom. The first-order valence-corrected chi connectivity index (χ1v) is 9.47. The summed E-state index contributed by atoms with van der Waals surface area (Å²) in [5.41, 5.74) is 3.34. The van der Waals surface area contributed by atoms with Crippen LogP contribution in [0.3, 0.4) is 0 Å². The van der Waals surface area contributed by atoms with E-state index in [0.29, 0.717) is 24.4 Å². The lowest BCUT2D eigenvalue weighted by Crippen LogP contribution is -2.43. The minimum Gasteiger partial charge on any atom is -0.341 e. The molecule has 1 aromatic carbocycles. The number of hydrogen-bond donors (Lipinski definition) is 1. The molecule has 5 nitrogen and oxygen atoms in total. The van der Waals surface area contributed by atoms with E-state index in [4.69, 9.17) is 0 Å². The number of amides is 3. The zero-order chi connectivity index (χ0) is 17.4. The van der Waals surface area contributed by atoms with Gasteiger partial charge in [0.1, 0.15) is 0 Å². The molecule has 1 aliphatic heterocycles. The Balaban J connectivity index is 1.30. The van der Waals surface area contributed by atoms with Gasteiger partial charge in [0.25, 0.3) is 0 Å². The molecule has 0 aromatic heterocycles. The highest BCUT2D eigenvalue weighted by Crippen LogP contribution is 2.61. The van der Waals surface area contributed by atoms with E-state index < -0.39 is 0 Å². The second kappa shape index (κ2) is 6.36. The number of nitrogens with zero attached hydrogens (tertiary/aromatic N) is 2. The van der Waals surface area contributed by atoms with Crippen molar-refractivity contribution < 1.29 is 9.59 Å². The summed E-state index contributed by atoms with van der Waals surface area (Å²) in [6.45, 7) is 5.12. The first-order chi connectivity index (χ1) is 12.1. The normalized spacial score (nSPS) is 27.8. The summed E-state index contributed by atoms with van der Waals surface area (Å²) in [5.74, 6) is 0.669. The van der Waals surface area contributed by atoms with Gasteiger partial charge in [0, 0.05) is 45.1 Å². The number of carbonyl (C=O) groups is 2. The molecule has 2 aliphatic carbocycles. The maximum Gasteiger partial charge on any atom is 0.317 e. The van der Waals surface area contributed by atoms with Crippen LogP contribution < -0.4 is 5.32 Å². The number of fused-ring (bicyclic) bond motifs is 2. The van der Waals surface area contributed by atoms with Gasteiger partial charge in [-0.15, -0.1) is 0 Å². The van der Waals surface area contributed by atoms with Crippen molar-refractivity contribution in [1.29, 1.82) is 0 Å². The highest BCUT2D eigenvalue weighted by Gasteiger charge is 2.57. The fourth-order valence-electron chi connectivity index (χ4n) is 4.76. The Morgan fingerprint density at radius 1 is 1.16 bits per heavy atom. The van der Waals surface area contributed by atoms with Gasteiger partial charge in [0.15, 0.2) is 0 Å². The van der Waals surface area contributed by atoms with Crippen LogP contribution in [-0.2, 0) is 16.6 Å². The van der Waals surface area contributed by atoms with Crippen LogP contribution in [0, 0.1) is 5.92 Å². The molecule has 1 saturated carbocycles. The Labute approximate surface area is 149 Å². The average molecular weight is 341 g/mol. The molecule has 1 spiro atoms. The molecule has 134 valence electrons. The van der Waals surface area contributed by atoms with Crippen molar-refractivity contribution in [3.63, 3.8) is 0 Å². The molecule has 1 aromatic rings. The zero-order valence-corrected chi connectivity index (χ0v) is 15.0. The second-order valence-electron chi connectivity index (χ2n) is 7.75. The van der Waals surface area contributed by atoms with E-state index in [0.717, 1.165) is 26.1 Å². The van der Waals surface area contributed by atoms with Crippen molar-refractivity contribution in [3.8, 4) is 0 Å². The number of benzene rings is 1. The van der Waals surface area contributed by atoms with E-state index in [1.54, 1.807) is 6.92 Å². The summed E-state index contributed by atoms with van der Waals surface area (Å²) >= 11 is 0. The van der Waals surface area contributed by atoms with Gasteiger partial charge in [-0.2, -0.15) is 0 Å². The molecule has 1 heterocycles. The summed E-state index contributed by atoms with van der Waals surface area (Å²) in [6.07, 6.45) is 4.45. The molecular formula is C20H27N3O2. The smallest absolute Gasteiger partial charge is 0.317 e. The summed E-state index contributed by atoms with van der Waals surface area (Å²) in [7, 11) is 0. The van der Waals surface area contributed by atoms with Gasteiger partial charge in [0.05, 0.1) is 0 Å². The van der Waals surface area contributed by atoms with Crippen LogP contribution >= 0.6 is 0 Å². The van der Waals surface area contributed by atoms with Gasteiger partial charge in [-0.05, 0) is 42.7 Å². The Morgan fingerprint density at radius 2 is 1.92 bits per heavy atom. The van der Waals surface area contributed by atoms with Crippen molar-refractivity contribution in [1.82, 2.24) is 15.1 Å². The predicted octanol–water partition coefficient (Wildman–Crippen LogP) is 2.15. The summed E-state index contributed by atoms with van der Waals surface area (Å²) in [5, 5.41) is 3.15. The molecule has 2 atom stereocenters. The van der Waals surface area contributed by atoms with Gasteiger partial charge in [-0.25, -0.2) is 4.79 Å². The van der Waals surface area contributed by atoms with Crippen LogP contribution in [-0.4, -0.2) is 54.5 Å². The molecule has 1 saturated heterocycles. The number of hydrogen-bond acceptors (Lipinski definition) is 2. The largest absolute Gasteiger partial charge is 0.341 e. The monoisotopic (exact) mass is 341 g/mol. The fourth-order valence-corrected chi connectivity index (χ4v) is 4.76. The van der Waals surface area contributed by atoms with E-state index in [9.17, 15) is 9.59 Å². The third-order valence-corrected chi connectivity index (χ3v) is 6.35. The van der Waals surface area contributed by atoms with Gasteiger partial charge < -0.3 is 15.1 Å². The maximum atomic E-state index is 12.5. The van der Waals surface area contributed by atoms with Crippen molar-refractivity contribution in [2.75, 3.05) is 32.7 Å². The predicted molar refractivity (Wildman–Crippen MR) is 96.4 cm³/mol. The molecule has 2 fully saturated rings. The van der Waals surface area contributed by atoms with Crippen LogP contribution in [0.4, 0.5) is 4.79 Å². The van der Waals surface area contributed by atoms with Gasteiger partial charge in [0.2, 0.25) is 5.91 Å². The molecule has 0 unspecified atom stereocenters. The summed E-state index contributed by atoms with van der Waals surface area (Å²) < 4.78 is 0. The second-order valence-corrected chi connectivity index (χ2v) is 7.75. The molecular weight excluding hydrogens is 314 g/mol. The van der Waals surface area contributed by atoms with E-state index >= 15 is 0 Å². The molecule has 3 aliphatic rings. The van der Waals surface area contributed by atoms with Gasteiger partial charge >= 0.3 is 6.03 Å². The zero-order valence-electron chi connectivity index (χ0n) is 15.0. The van der Waals surface area contributed by atoms with E-state index in [1.165, 1.54) is 30.4 Å². The van der Waals surface area contributed by atoms with Crippen LogP contribution in [0.1, 0.15) is 37.3 Å². The van der Waals surface area contributed by atoms with Crippen LogP contribution in [0.15, 0.2) is 24.3 Å². The molecule has 1 N–H and O–H groups in total. The van der Waals surface area contributed by atoms with E-state index in [2.05, 4.69) is 29.6 Å². The Bertz CT molecular complexity index is 689. The number of nitrogens with one attached hydrogen (secondary N) is 1. The highest BCUT2D eigenvalue weighted by atomic mass is 16.2. The minimum atomic E-state index is 0.0266. The first-order valence-electron chi connectivity index (χ1n) is 9.47. The summed E-state index contributed by atoms with van der Waals surface area (Å²) in [6, 6.07) is 8.81. The van der Waals surface area contributed by atoms with Crippen molar-refractivity contribution >= 4 is 11.9 Å². The van der Waals surface area contributed by atoms with E-state index in [1.807, 2.05) is 9.80 Å². The molecule has 5 heteroatoms. The van der Waals surface area contributed by atoms with E-state index in [-0.39, 0.29) is 11.9 Å². The number of carbonyl (C=O) groups excluding carboxylic acids is 2. The fraction of sp³-hybridized carbons (Fsp3) is 0.600. The molecule has 0 bridgehead atoms. The summed E-state index contributed by atoms with van der Waals surface area (Å²) in [4.78, 5) is 27.7. The number of rotatable bonds is 2.